The van der Waals surface area contributed by atoms with Crippen molar-refractivity contribution < 1.29 is 23.5 Å². The molecule has 0 fully saturated rings. The van der Waals surface area contributed by atoms with Gasteiger partial charge in [-0.05, 0) is 44.5 Å². The van der Waals surface area contributed by atoms with Crippen LogP contribution in [0.5, 0.6) is 5.75 Å². The number of ketones is 1. The van der Waals surface area contributed by atoms with Gasteiger partial charge >= 0.3 is 11.6 Å². The highest BCUT2D eigenvalue weighted by Gasteiger charge is 2.16. The normalized spacial score (nSPS) is 10.9. The first kappa shape index (κ1) is 19.4. The number of hydrogen-bond acceptors (Lipinski definition) is 6. The maximum absolute atomic E-state index is 12.2. The fraction of sp³-hybridized carbons (Fsp3) is 0.286. The molecule has 7 nitrogen and oxygen atoms in total. The van der Waals surface area contributed by atoms with E-state index < -0.39 is 11.6 Å². The number of fused-ring (bicyclic) bond motifs is 1. The van der Waals surface area contributed by atoms with Gasteiger partial charge in [-0.15, -0.1) is 0 Å². The van der Waals surface area contributed by atoms with Crippen LogP contribution in [-0.2, 0) is 16.6 Å². The van der Waals surface area contributed by atoms with Gasteiger partial charge in [-0.25, -0.2) is 9.59 Å². The number of hydrogen-bond donors (Lipinski definition) is 0. The van der Waals surface area contributed by atoms with Crippen LogP contribution in [0.2, 0.25) is 0 Å². The molecule has 0 N–H and O–H groups in total. The molecule has 3 aromatic rings. The minimum Gasteiger partial charge on any atom is -0.482 e. The van der Waals surface area contributed by atoms with E-state index in [1.54, 1.807) is 18.2 Å². The van der Waals surface area contributed by atoms with Gasteiger partial charge in [-0.1, -0.05) is 0 Å². The minimum atomic E-state index is -0.663. The molecule has 0 saturated heterocycles. The van der Waals surface area contributed by atoms with E-state index in [1.165, 1.54) is 12.1 Å². The molecule has 0 amide bonds. The Labute approximate surface area is 161 Å². The Kier molecular flexibility index (Phi) is 5.35. The standard InChI is InChI=1S/C21H21NO6/c1-12-7-20(24)28-19-9-15(5-6-16(12)19)26-11-21(25)27-10-18(23)17-8-13(2)22(4)14(17)3/h5-9H,10-11H2,1-4H3. The van der Waals surface area contributed by atoms with E-state index in [0.29, 0.717) is 16.9 Å². The summed E-state index contributed by atoms with van der Waals surface area (Å²) in [4.78, 5) is 35.6. The summed E-state index contributed by atoms with van der Waals surface area (Å²) in [6.07, 6.45) is 0. The molecule has 0 bridgehead atoms. The van der Waals surface area contributed by atoms with E-state index >= 15 is 0 Å². The number of aromatic nitrogens is 1. The average Bonchev–Trinajstić information content (AvgIpc) is 2.91. The van der Waals surface area contributed by atoms with Crippen LogP contribution in [0.1, 0.15) is 27.3 Å². The number of carbonyl (C=O) groups excluding carboxylic acids is 2. The number of ether oxygens (including phenoxy) is 2. The molecule has 0 radical (unpaired) electrons. The molecule has 1 aromatic carbocycles. The highest BCUT2D eigenvalue weighted by Crippen LogP contribution is 2.22. The van der Waals surface area contributed by atoms with Crippen molar-refractivity contribution in [1.29, 1.82) is 0 Å². The summed E-state index contributed by atoms with van der Waals surface area (Å²) >= 11 is 0. The van der Waals surface area contributed by atoms with E-state index in [9.17, 15) is 14.4 Å². The van der Waals surface area contributed by atoms with E-state index in [1.807, 2.05) is 32.4 Å². The third kappa shape index (κ3) is 3.98. The van der Waals surface area contributed by atoms with Crippen LogP contribution in [0.3, 0.4) is 0 Å². The molecule has 28 heavy (non-hydrogen) atoms. The first-order valence-electron chi connectivity index (χ1n) is 8.75. The zero-order valence-corrected chi connectivity index (χ0v) is 16.2. The second kappa shape index (κ2) is 7.72. The average molecular weight is 383 g/mol. The van der Waals surface area contributed by atoms with Crippen LogP contribution < -0.4 is 10.4 Å². The second-order valence-corrected chi connectivity index (χ2v) is 6.62. The van der Waals surface area contributed by atoms with Gasteiger partial charge in [0.2, 0.25) is 5.78 Å². The highest BCUT2D eigenvalue weighted by molar-refractivity contribution is 5.99. The summed E-state index contributed by atoms with van der Waals surface area (Å²) in [5.74, 6) is -0.569. The molecule has 7 heteroatoms. The Balaban J connectivity index is 1.58. The number of aryl methyl sites for hydroxylation is 2. The topological polar surface area (TPSA) is 87.7 Å². The molecule has 0 aliphatic heterocycles. The molecular formula is C21H21NO6. The SMILES string of the molecule is Cc1cc(=O)oc2cc(OCC(=O)OCC(=O)c3cc(C)n(C)c3C)ccc12. The number of nitrogens with zero attached hydrogens (tertiary/aromatic N) is 1. The quantitative estimate of drug-likeness (QED) is 0.369. The Bertz CT molecular complexity index is 1120. The van der Waals surface area contributed by atoms with Gasteiger partial charge < -0.3 is 18.5 Å². The van der Waals surface area contributed by atoms with E-state index in [0.717, 1.165) is 22.3 Å². The Morgan fingerprint density at radius 1 is 1.07 bits per heavy atom. The van der Waals surface area contributed by atoms with Crippen molar-refractivity contribution >= 4 is 22.7 Å². The number of carbonyl (C=O) groups is 2. The van der Waals surface area contributed by atoms with E-state index in [4.69, 9.17) is 13.9 Å². The Morgan fingerprint density at radius 3 is 2.50 bits per heavy atom. The molecule has 2 aromatic heterocycles. The second-order valence-electron chi connectivity index (χ2n) is 6.62. The van der Waals surface area contributed by atoms with Gasteiger partial charge in [0.05, 0.1) is 0 Å². The van der Waals surface area contributed by atoms with E-state index in [2.05, 4.69) is 0 Å². The Hall–Kier alpha value is -3.35. The lowest BCUT2D eigenvalue weighted by atomic mass is 10.1. The van der Waals surface area contributed by atoms with Gasteiger partial charge in [0.15, 0.2) is 13.2 Å². The summed E-state index contributed by atoms with van der Waals surface area (Å²) in [6, 6.07) is 8.14. The van der Waals surface area contributed by atoms with Gasteiger partial charge in [0.1, 0.15) is 11.3 Å². The van der Waals surface area contributed by atoms with Crippen LogP contribution in [-0.4, -0.2) is 29.5 Å². The molecule has 0 unspecified atom stereocenters. The van der Waals surface area contributed by atoms with Crippen LogP contribution in [0.25, 0.3) is 11.0 Å². The number of Topliss-reactive ketones (excluding diaryl/α,β-unsaturated/α-hetero) is 1. The van der Waals surface area contributed by atoms with Gasteiger partial charge in [-0.2, -0.15) is 0 Å². The molecule has 0 atom stereocenters. The maximum atomic E-state index is 12.2. The molecule has 146 valence electrons. The lowest BCUT2D eigenvalue weighted by Crippen LogP contribution is -2.19. The third-order valence-electron chi connectivity index (χ3n) is 4.72. The van der Waals surface area contributed by atoms with Crippen LogP contribution in [0, 0.1) is 20.8 Å². The molecule has 0 spiro atoms. The van der Waals surface area contributed by atoms with Gasteiger partial charge in [0.25, 0.3) is 0 Å². The predicted octanol–water partition coefficient (Wildman–Crippen LogP) is 2.86. The van der Waals surface area contributed by atoms with Crippen LogP contribution in [0.4, 0.5) is 0 Å². The van der Waals surface area contributed by atoms with Crippen LogP contribution in [0.15, 0.2) is 39.5 Å². The Morgan fingerprint density at radius 2 is 1.82 bits per heavy atom. The zero-order chi connectivity index (χ0) is 20.4. The predicted molar refractivity (Wildman–Crippen MR) is 103 cm³/mol. The van der Waals surface area contributed by atoms with Crippen molar-refractivity contribution in [3.63, 3.8) is 0 Å². The fourth-order valence-corrected chi connectivity index (χ4v) is 2.94. The largest absolute Gasteiger partial charge is 0.482 e. The lowest BCUT2D eigenvalue weighted by molar-refractivity contribution is -0.144. The minimum absolute atomic E-state index is 0.266. The molecule has 0 saturated carbocycles. The fourth-order valence-electron chi connectivity index (χ4n) is 2.94. The summed E-state index contributed by atoms with van der Waals surface area (Å²) < 4.78 is 17.4. The van der Waals surface area contributed by atoms with Crippen molar-refractivity contribution in [2.45, 2.75) is 20.8 Å². The van der Waals surface area contributed by atoms with Crippen molar-refractivity contribution in [1.82, 2.24) is 4.57 Å². The summed E-state index contributed by atoms with van der Waals surface area (Å²) in [7, 11) is 1.87. The first-order valence-corrected chi connectivity index (χ1v) is 8.75. The van der Waals surface area contributed by atoms with Crippen molar-refractivity contribution in [2.24, 2.45) is 7.05 Å². The van der Waals surface area contributed by atoms with E-state index in [-0.39, 0.29) is 19.0 Å². The molecule has 2 heterocycles. The zero-order valence-electron chi connectivity index (χ0n) is 16.2. The van der Waals surface area contributed by atoms with Gasteiger partial charge in [-0.3, -0.25) is 4.79 Å². The summed E-state index contributed by atoms with van der Waals surface area (Å²) in [5, 5.41) is 0.786. The molecular weight excluding hydrogens is 362 g/mol. The van der Waals surface area contributed by atoms with Gasteiger partial charge in [0, 0.05) is 41.5 Å². The highest BCUT2D eigenvalue weighted by atomic mass is 16.6. The van der Waals surface area contributed by atoms with Crippen molar-refractivity contribution in [2.75, 3.05) is 13.2 Å². The van der Waals surface area contributed by atoms with Crippen molar-refractivity contribution in [3.05, 3.63) is 63.3 Å². The molecule has 0 aliphatic rings. The number of rotatable bonds is 6. The smallest absolute Gasteiger partial charge is 0.344 e. The molecule has 0 aliphatic carbocycles. The number of esters is 1. The monoisotopic (exact) mass is 383 g/mol. The molecule has 3 rings (SSSR count). The number of benzene rings is 1. The van der Waals surface area contributed by atoms with Crippen molar-refractivity contribution in [3.8, 4) is 5.75 Å². The first-order chi connectivity index (χ1) is 13.3. The van der Waals surface area contributed by atoms with Crippen LogP contribution >= 0.6 is 0 Å². The summed E-state index contributed by atoms with van der Waals surface area (Å²) in [6.45, 7) is 4.84. The summed E-state index contributed by atoms with van der Waals surface area (Å²) in [5.41, 5.74) is 3.03. The lowest BCUT2D eigenvalue weighted by Gasteiger charge is -2.08. The maximum Gasteiger partial charge on any atom is 0.344 e. The third-order valence-corrected chi connectivity index (χ3v) is 4.72.